The summed E-state index contributed by atoms with van der Waals surface area (Å²) in [6.07, 6.45) is 1.14. The molecule has 8 nitrogen and oxygen atoms in total. The maximum atomic E-state index is 11.3. The predicted molar refractivity (Wildman–Crippen MR) is 102 cm³/mol. The minimum Gasteiger partial charge on any atom is -0.507 e. The Morgan fingerprint density at radius 3 is 2.69 bits per heavy atom. The van der Waals surface area contributed by atoms with Gasteiger partial charge in [0.15, 0.2) is 11.5 Å². The number of methoxy groups -OCH3 is 1. The molecule has 6 aliphatic rings. The van der Waals surface area contributed by atoms with Crippen molar-refractivity contribution >= 4 is 0 Å². The third-order valence-electron chi connectivity index (χ3n) is 8.60. The van der Waals surface area contributed by atoms with Gasteiger partial charge in [-0.15, -0.1) is 0 Å². The van der Waals surface area contributed by atoms with Crippen molar-refractivity contribution in [2.45, 2.75) is 56.0 Å². The smallest absolute Gasteiger partial charge is 0.167 e. The summed E-state index contributed by atoms with van der Waals surface area (Å²) >= 11 is 0. The zero-order valence-electron chi connectivity index (χ0n) is 16.9. The van der Waals surface area contributed by atoms with Crippen molar-refractivity contribution in [3.63, 3.8) is 0 Å². The van der Waals surface area contributed by atoms with Crippen molar-refractivity contribution in [3.8, 4) is 17.2 Å². The molecule has 0 amide bonds. The first-order valence-corrected chi connectivity index (χ1v) is 10.6. The molecular formula is C21H27N3O5. The molecule has 8 heteroatoms. The number of phenols is 2. The molecule has 0 aliphatic carbocycles. The number of fused-ring (bicyclic) bond motifs is 8. The SMILES string of the molecule is COc1c(C)c(O)c2c(c1O)C1COC3C4CC5C(C(C2N2CCOC52)N13)N4C. The van der Waals surface area contributed by atoms with Crippen LogP contribution in [0.2, 0.25) is 0 Å². The summed E-state index contributed by atoms with van der Waals surface area (Å²) < 4.78 is 18.1. The van der Waals surface area contributed by atoms with E-state index in [1.165, 1.54) is 0 Å². The highest BCUT2D eigenvalue weighted by atomic mass is 16.5. The van der Waals surface area contributed by atoms with Crippen LogP contribution in [0, 0.1) is 12.8 Å². The maximum absolute atomic E-state index is 11.3. The first-order chi connectivity index (χ1) is 14.0. The number of benzene rings is 1. The second kappa shape index (κ2) is 5.36. The second-order valence-corrected chi connectivity index (χ2v) is 9.43. The Morgan fingerprint density at radius 1 is 1.07 bits per heavy atom. The van der Waals surface area contributed by atoms with Gasteiger partial charge in [0.2, 0.25) is 0 Å². The van der Waals surface area contributed by atoms with Crippen LogP contribution in [-0.4, -0.2) is 89.4 Å². The summed E-state index contributed by atoms with van der Waals surface area (Å²) in [5.74, 6) is 1.20. The van der Waals surface area contributed by atoms with Crippen LogP contribution in [0.25, 0.3) is 0 Å². The lowest BCUT2D eigenvalue weighted by molar-refractivity contribution is -0.165. The molecule has 1 aromatic rings. The van der Waals surface area contributed by atoms with Crippen LogP contribution in [0.15, 0.2) is 0 Å². The monoisotopic (exact) mass is 401 g/mol. The molecule has 6 heterocycles. The number of piperidine rings is 1. The van der Waals surface area contributed by atoms with Crippen LogP contribution in [-0.2, 0) is 9.47 Å². The summed E-state index contributed by atoms with van der Waals surface area (Å²) in [4.78, 5) is 7.44. The topological polar surface area (TPSA) is 77.9 Å². The number of nitrogens with zero attached hydrogens (tertiary/aromatic N) is 3. The molecule has 7 rings (SSSR count). The fourth-order valence-corrected chi connectivity index (χ4v) is 7.64. The van der Waals surface area contributed by atoms with Crippen LogP contribution < -0.4 is 4.74 Å². The molecular weight excluding hydrogens is 374 g/mol. The van der Waals surface area contributed by atoms with E-state index in [2.05, 4.69) is 21.7 Å². The van der Waals surface area contributed by atoms with E-state index in [-0.39, 0.29) is 42.1 Å². The van der Waals surface area contributed by atoms with E-state index in [9.17, 15) is 10.2 Å². The average Bonchev–Trinajstić information content (AvgIpc) is 3.40. The van der Waals surface area contributed by atoms with Gasteiger partial charge >= 0.3 is 0 Å². The quantitative estimate of drug-likeness (QED) is 0.673. The predicted octanol–water partition coefficient (Wildman–Crippen LogP) is 0.912. The van der Waals surface area contributed by atoms with Crippen LogP contribution in [0.5, 0.6) is 17.2 Å². The fourth-order valence-electron chi connectivity index (χ4n) is 7.64. The van der Waals surface area contributed by atoms with Crippen LogP contribution in [0.1, 0.15) is 35.2 Å². The number of likely N-dealkylation sites (N-methyl/N-ethyl adjacent to an activating group) is 1. The molecule has 8 unspecified atom stereocenters. The molecule has 0 spiro atoms. The van der Waals surface area contributed by atoms with Crippen molar-refractivity contribution in [3.05, 3.63) is 16.7 Å². The Balaban J connectivity index is 1.54. The molecule has 2 bridgehead atoms. The standard InChI is InChI=1S/C21H27N3O5/c1-8-17(25)13-12(18(26)19(8)27-3)11-7-29-21-10-6-9-14(22(10)2)16(24(11)21)15(13)23-4-5-28-20(9)23/h9-11,14-16,20-21,25-26H,4-7H2,1-3H3. The van der Waals surface area contributed by atoms with E-state index in [4.69, 9.17) is 14.2 Å². The van der Waals surface area contributed by atoms with Crippen molar-refractivity contribution < 1.29 is 24.4 Å². The van der Waals surface area contributed by atoms with E-state index >= 15 is 0 Å². The van der Waals surface area contributed by atoms with Gasteiger partial charge in [0, 0.05) is 41.2 Å². The molecule has 0 saturated carbocycles. The average molecular weight is 401 g/mol. The number of rotatable bonds is 1. The Hall–Kier alpha value is -1.58. The third kappa shape index (κ3) is 1.73. The summed E-state index contributed by atoms with van der Waals surface area (Å²) in [6, 6.07) is 0.817. The zero-order valence-corrected chi connectivity index (χ0v) is 16.9. The highest BCUT2D eigenvalue weighted by Crippen LogP contribution is 2.63. The molecule has 1 aromatic carbocycles. The summed E-state index contributed by atoms with van der Waals surface area (Å²) in [5.41, 5.74) is 2.23. The van der Waals surface area contributed by atoms with E-state index in [0.717, 1.165) is 24.1 Å². The normalized spacial score (nSPS) is 44.8. The lowest BCUT2D eigenvalue weighted by Crippen LogP contribution is -2.71. The molecule has 2 N–H and O–H groups in total. The molecule has 8 atom stereocenters. The van der Waals surface area contributed by atoms with E-state index in [0.29, 0.717) is 42.5 Å². The first kappa shape index (κ1) is 17.1. The van der Waals surface area contributed by atoms with Gasteiger partial charge in [-0.1, -0.05) is 0 Å². The second-order valence-electron chi connectivity index (χ2n) is 9.43. The van der Waals surface area contributed by atoms with E-state index in [1.807, 2.05) is 6.92 Å². The lowest BCUT2D eigenvalue weighted by atomic mass is 9.73. The molecule has 156 valence electrons. The van der Waals surface area contributed by atoms with Crippen molar-refractivity contribution in [1.82, 2.24) is 14.7 Å². The fraction of sp³-hybridized carbons (Fsp3) is 0.714. The number of ether oxygens (including phenoxy) is 3. The molecule has 5 saturated heterocycles. The van der Waals surface area contributed by atoms with E-state index in [1.54, 1.807) is 7.11 Å². The maximum Gasteiger partial charge on any atom is 0.167 e. The van der Waals surface area contributed by atoms with Crippen molar-refractivity contribution in [2.24, 2.45) is 5.92 Å². The van der Waals surface area contributed by atoms with Gasteiger partial charge in [-0.2, -0.15) is 0 Å². The Labute approximate surface area is 169 Å². The zero-order chi connectivity index (χ0) is 19.8. The number of piperazine rings is 1. The van der Waals surface area contributed by atoms with Crippen molar-refractivity contribution in [1.29, 1.82) is 0 Å². The Morgan fingerprint density at radius 2 is 1.90 bits per heavy atom. The molecule has 0 radical (unpaired) electrons. The minimum absolute atomic E-state index is 0.0146. The highest BCUT2D eigenvalue weighted by Gasteiger charge is 2.69. The first-order valence-electron chi connectivity index (χ1n) is 10.6. The molecule has 29 heavy (non-hydrogen) atoms. The number of hydrogen-bond donors (Lipinski definition) is 2. The van der Waals surface area contributed by atoms with E-state index < -0.39 is 0 Å². The van der Waals surface area contributed by atoms with Gasteiger partial charge in [0.1, 0.15) is 18.2 Å². The number of hydrogen-bond acceptors (Lipinski definition) is 8. The molecule has 6 aliphatic heterocycles. The van der Waals surface area contributed by atoms with Crippen LogP contribution in [0.4, 0.5) is 0 Å². The van der Waals surface area contributed by atoms with Gasteiger partial charge < -0.3 is 24.4 Å². The Bertz CT molecular complexity index is 924. The van der Waals surface area contributed by atoms with Gasteiger partial charge in [-0.25, -0.2) is 0 Å². The van der Waals surface area contributed by atoms with Crippen molar-refractivity contribution in [2.75, 3.05) is 33.9 Å². The summed E-state index contributed by atoms with van der Waals surface area (Å²) in [7, 11) is 3.76. The summed E-state index contributed by atoms with van der Waals surface area (Å²) in [5, 5.41) is 22.6. The Kier molecular flexibility index (Phi) is 3.17. The number of phenolic OH excluding ortho intramolecular Hbond substituents is 2. The van der Waals surface area contributed by atoms with Gasteiger partial charge in [0.05, 0.1) is 38.4 Å². The minimum atomic E-state index is -0.0610. The van der Waals surface area contributed by atoms with Gasteiger partial charge in [0.25, 0.3) is 0 Å². The van der Waals surface area contributed by atoms with Crippen LogP contribution in [0.3, 0.4) is 0 Å². The number of aromatic hydroxyl groups is 2. The highest BCUT2D eigenvalue weighted by molar-refractivity contribution is 5.65. The third-order valence-corrected chi connectivity index (χ3v) is 8.60. The summed E-state index contributed by atoms with van der Waals surface area (Å²) in [6.45, 7) is 3.91. The molecule has 5 fully saturated rings. The largest absolute Gasteiger partial charge is 0.507 e. The lowest BCUT2D eigenvalue weighted by Gasteiger charge is -2.59. The van der Waals surface area contributed by atoms with Gasteiger partial charge in [-0.3, -0.25) is 14.7 Å². The van der Waals surface area contributed by atoms with Crippen LogP contribution >= 0.6 is 0 Å². The van der Waals surface area contributed by atoms with Gasteiger partial charge in [-0.05, 0) is 20.4 Å². The molecule has 0 aromatic heterocycles.